The number of para-hydroxylation sites is 1. The van der Waals surface area contributed by atoms with E-state index in [1.807, 2.05) is 42.5 Å². The van der Waals surface area contributed by atoms with Gasteiger partial charge >= 0.3 is 5.97 Å². The Bertz CT molecular complexity index is 1250. The van der Waals surface area contributed by atoms with Gasteiger partial charge in [-0.2, -0.15) is 0 Å². The number of hydrogen-bond donors (Lipinski definition) is 1. The number of primary amides is 1. The van der Waals surface area contributed by atoms with E-state index in [0.717, 1.165) is 41.0 Å². The van der Waals surface area contributed by atoms with Gasteiger partial charge in [-0.1, -0.05) is 24.3 Å². The van der Waals surface area contributed by atoms with Crippen LogP contribution in [-0.4, -0.2) is 30.3 Å². The molecule has 0 unspecified atom stereocenters. The summed E-state index contributed by atoms with van der Waals surface area (Å²) >= 11 is 0. The number of allylic oxidation sites excluding steroid dienone is 1. The summed E-state index contributed by atoms with van der Waals surface area (Å²) in [6, 6.07) is 13.2. The van der Waals surface area contributed by atoms with E-state index >= 15 is 0 Å². The first-order chi connectivity index (χ1) is 15.1. The molecule has 0 radical (unpaired) electrons. The summed E-state index contributed by atoms with van der Waals surface area (Å²) in [7, 11) is 0. The highest BCUT2D eigenvalue weighted by molar-refractivity contribution is 6.07. The van der Waals surface area contributed by atoms with Gasteiger partial charge in [-0.3, -0.25) is 4.79 Å². The molecule has 31 heavy (non-hydrogen) atoms. The highest BCUT2D eigenvalue weighted by Gasteiger charge is 2.26. The molecule has 5 rings (SSSR count). The molecule has 0 bridgehead atoms. The summed E-state index contributed by atoms with van der Waals surface area (Å²) < 4.78 is 16.1. The van der Waals surface area contributed by atoms with Gasteiger partial charge in [-0.05, 0) is 60.2 Å². The lowest BCUT2D eigenvalue weighted by atomic mass is 9.86. The van der Waals surface area contributed by atoms with Crippen molar-refractivity contribution in [2.75, 3.05) is 13.4 Å². The number of rotatable bonds is 4. The topological polar surface area (TPSA) is 101 Å². The van der Waals surface area contributed by atoms with Crippen molar-refractivity contribution >= 4 is 34.4 Å². The zero-order chi connectivity index (χ0) is 21.4. The third-order valence-electron chi connectivity index (χ3n) is 5.46. The monoisotopic (exact) mass is 416 g/mol. The van der Waals surface area contributed by atoms with Crippen LogP contribution in [0.4, 0.5) is 0 Å². The minimum atomic E-state index is -0.691. The Balaban J connectivity index is 1.63. The van der Waals surface area contributed by atoms with E-state index in [4.69, 9.17) is 24.9 Å². The number of nitrogens with zero attached hydrogens (tertiary/aromatic N) is 1. The lowest BCUT2D eigenvalue weighted by Crippen LogP contribution is -2.22. The number of pyridine rings is 1. The van der Waals surface area contributed by atoms with Crippen molar-refractivity contribution in [3.63, 3.8) is 0 Å². The summed E-state index contributed by atoms with van der Waals surface area (Å²) in [5, 5.41) is 0.708. The second kappa shape index (κ2) is 7.75. The molecule has 0 saturated heterocycles. The van der Waals surface area contributed by atoms with E-state index in [1.165, 1.54) is 0 Å². The van der Waals surface area contributed by atoms with Gasteiger partial charge in [0.05, 0.1) is 16.8 Å². The standard InChI is InChI=1S/C24H20N2O5/c25-21(27)12-29-24(28)22-16-5-1-2-7-18(16)26-23-15(4-3-6-17(22)23)10-14-8-9-19-20(11-14)31-13-30-19/h1-2,5,7-11H,3-4,6,12-13H2,(H2,25,27). The summed E-state index contributed by atoms with van der Waals surface area (Å²) in [5.41, 5.74) is 9.95. The average Bonchev–Trinajstić information content (AvgIpc) is 3.24. The van der Waals surface area contributed by atoms with Crippen molar-refractivity contribution < 1.29 is 23.8 Å². The van der Waals surface area contributed by atoms with Gasteiger partial charge in [-0.15, -0.1) is 0 Å². The Kier molecular flexibility index (Phi) is 4.78. The zero-order valence-electron chi connectivity index (χ0n) is 16.7. The van der Waals surface area contributed by atoms with E-state index in [1.54, 1.807) is 0 Å². The Morgan fingerprint density at radius 2 is 1.94 bits per heavy atom. The molecule has 1 aromatic heterocycles. The molecule has 1 amide bonds. The Morgan fingerprint density at radius 3 is 2.81 bits per heavy atom. The lowest BCUT2D eigenvalue weighted by molar-refractivity contribution is -0.121. The number of nitrogens with two attached hydrogens (primary N) is 1. The molecule has 2 heterocycles. The molecule has 2 aromatic carbocycles. The van der Waals surface area contributed by atoms with Gasteiger partial charge in [0.2, 0.25) is 6.79 Å². The largest absolute Gasteiger partial charge is 0.454 e. The maximum absolute atomic E-state index is 12.9. The van der Waals surface area contributed by atoms with Crippen molar-refractivity contribution in [3.05, 3.63) is 64.8 Å². The minimum absolute atomic E-state index is 0.225. The molecule has 3 aromatic rings. The third kappa shape index (κ3) is 3.59. The van der Waals surface area contributed by atoms with Crippen molar-refractivity contribution in [3.8, 4) is 11.5 Å². The van der Waals surface area contributed by atoms with Crippen LogP contribution < -0.4 is 15.2 Å². The van der Waals surface area contributed by atoms with Crippen molar-refractivity contribution in [1.29, 1.82) is 0 Å². The molecular formula is C24H20N2O5. The fourth-order valence-corrected chi connectivity index (χ4v) is 4.12. The first-order valence-corrected chi connectivity index (χ1v) is 10.1. The summed E-state index contributed by atoms with van der Waals surface area (Å²) in [4.78, 5) is 28.9. The number of carbonyl (C=O) groups excluding carboxylic acids is 2. The first-order valence-electron chi connectivity index (χ1n) is 10.1. The van der Waals surface area contributed by atoms with E-state index < -0.39 is 18.5 Å². The second-order valence-electron chi connectivity index (χ2n) is 7.51. The maximum Gasteiger partial charge on any atom is 0.339 e. The second-order valence-corrected chi connectivity index (χ2v) is 7.51. The lowest BCUT2D eigenvalue weighted by Gasteiger charge is -2.22. The van der Waals surface area contributed by atoms with Crippen molar-refractivity contribution in [1.82, 2.24) is 4.98 Å². The molecule has 156 valence electrons. The van der Waals surface area contributed by atoms with Crippen LogP contribution in [0.3, 0.4) is 0 Å². The predicted molar refractivity (Wildman–Crippen MR) is 115 cm³/mol. The number of hydrogen-bond acceptors (Lipinski definition) is 6. The van der Waals surface area contributed by atoms with Gasteiger partial charge in [-0.25, -0.2) is 9.78 Å². The summed E-state index contributed by atoms with van der Waals surface area (Å²) in [6.45, 7) is -0.230. The van der Waals surface area contributed by atoms with Gasteiger partial charge in [0.15, 0.2) is 18.1 Å². The predicted octanol–water partition coefficient (Wildman–Crippen LogP) is 3.48. The third-order valence-corrected chi connectivity index (χ3v) is 5.46. The summed E-state index contributed by atoms with van der Waals surface area (Å²) in [6.07, 6.45) is 4.48. The number of benzene rings is 2. The number of esters is 1. The fraction of sp³-hybridized carbons (Fsp3) is 0.208. The van der Waals surface area contributed by atoms with Crippen LogP contribution in [0.1, 0.15) is 40.0 Å². The molecule has 1 aliphatic heterocycles. The molecule has 2 aliphatic rings. The van der Waals surface area contributed by atoms with Gasteiger partial charge in [0.25, 0.3) is 5.91 Å². The van der Waals surface area contributed by atoms with E-state index in [2.05, 4.69) is 6.08 Å². The maximum atomic E-state index is 12.9. The Labute approximate surface area is 178 Å². The quantitative estimate of drug-likeness (QED) is 0.654. The molecule has 2 N–H and O–H groups in total. The van der Waals surface area contributed by atoms with Crippen LogP contribution in [0.15, 0.2) is 42.5 Å². The molecule has 1 aliphatic carbocycles. The van der Waals surface area contributed by atoms with Crippen LogP contribution >= 0.6 is 0 Å². The highest BCUT2D eigenvalue weighted by Crippen LogP contribution is 2.38. The highest BCUT2D eigenvalue weighted by atomic mass is 16.7. The van der Waals surface area contributed by atoms with E-state index in [9.17, 15) is 9.59 Å². The van der Waals surface area contributed by atoms with Gasteiger partial charge in [0, 0.05) is 5.39 Å². The molecule has 0 saturated carbocycles. The molecule has 7 heteroatoms. The van der Waals surface area contributed by atoms with Crippen molar-refractivity contribution in [2.24, 2.45) is 5.73 Å². The number of ether oxygens (including phenoxy) is 3. The molecule has 0 fully saturated rings. The van der Waals surface area contributed by atoms with Crippen LogP contribution in [0.25, 0.3) is 22.6 Å². The smallest absolute Gasteiger partial charge is 0.339 e. The normalized spacial score (nSPS) is 15.7. The van der Waals surface area contributed by atoms with Crippen LogP contribution in [0, 0.1) is 0 Å². The number of aromatic nitrogens is 1. The van der Waals surface area contributed by atoms with E-state index in [-0.39, 0.29) is 6.79 Å². The first kappa shape index (κ1) is 19.1. The van der Waals surface area contributed by atoms with Crippen LogP contribution in [0.2, 0.25) is 0 Å². The number of fused-ring (bicyclic) bond motifs is 3. The Hall–Kier alpha value is -3.87. The summed E-state index contributed by atoms with van der Waals surface area (Å²) in [5.74, 6) is 0.198. The number of carbonyl (C=O) groups is 2. The number of amides is 1. The average molecular weight is 416 g/mol. The van der Waals surface area contributed by atoms with Crippen LogP contribution in [0.5, 0.6) is 11.5 Å². The van der Waals surface area contributed by atoms with E-state index in [0.29, 0.717) is 28.6 Å². The SMILES string of the molecule is NC(=O)COC(=O)c1c2c(nc3ccccc13)C(=Cc1ccc3c(c1)OCO3)CCC2. The Morgan fingerprint density at radius 1 is 1.10 bits per heavy atom. The molecule has 0 spiro atoms. The van der Waals surface area contributed by atoms with Gasteiger partial charge < -0.3 is 19.9 Å². The zero-order valence-corrected chi connectivity index (χ0v) is 16.7. The minimum Gasteiger partial charge on any atom is -0.454 e. The fourth-order valence-electron chi connectivity index (χ4n) is 4.12. The van der Waals surface area contributed by atoms with Gasteiger partial charge in [0.1, 0.15) is 0 Å². The molecule has 0 atom stereocenters. The molecular weight excluding hydrogens is 396 g/mol. The van der Waals surface area contributed by atoms with Crippen molar-refractivity contribution in [2.45, 2.75) is 19.3 Å². The molecule has 7 nitrogen and oxygen atoms in total. The van der Waals surface area contributed by atoms with Crippen LogP contribution in [-0.2, 0) is 16.0 Å².